The van der Waals surface area contributed by atoms with Crippen LogP contribution in [0.3, 0.4) is 0 Å². The third-order valence-electron chi connectivity index (χ3n) is 3.44. The number of aliphatic hydroxyl groups is 1. The largest absolute Gasteiger partial charge is 0.384 e. The first-order chi connectivity index (χ1) is 9.20. The molecule has 0 atom stereocenters. The maximum absolute atomic E-state index is 12.2. The lowest BCUT2D eigenvalue weighted by Gasteiger charge is -2.20. The number of rotatable bonds is 3. The van der Waals surface area contributed by atoms with Crippen molar-refractivity contribution in [2.45, 2.75) is 32.2 Å². The molecule has 1 aromatic rings. The predicted molar refractivity (Wildman–Crippen MR) is 76.7 cm³/mol. The first-order valence-electron chi connectivity index (χ1n) is 6.63. The highest BCUT2D eigenvalue weighted by Gasteiger charge is 2.25. The van der Waals surface area contributed by atoms with Crippen molar-refractivity contribution in [2.75, 3.05) is 13.7 Å². The lowest BCUT2D eigenvalue weighted by atomic mass is 10.1. The number of carbonyl (C=O) groups is 1. The minimum atomic E-state index is -0.120. The Labute approximate surface area is 118 Å². The van der Waals surface area contributed by atoms with E-state index in [2.05, 4.69) is 11.8 Å². The molecular formula is C15H19NO2S. The molecular weight excluding hydrogens is 258 g/mol. The van der Waals surface area contributed by atoms with Crippen LogP contribution in [-0.4, -0.2) is 29.6 Å². The van der Waals surface area contributed by atoms with Gasteiger partial charge < -0.3 is 10.0 Å². The number of hydrogen-bond donors (Lipinski definition) is 1. The van der Waals surface area contributed by atoms with Crippen LogP contribution in [0, 0.1) is 17.8 Å². The summed E-state index contributed by atoms with van der Waals surface area (Å²) in [5.41, 5.74) is 0.913. The van der Waals surface area contributed by atoms with E-state index in [1.54, 1.807) is 11.3 Å². The molecule has 1 saturated carbocycles. The van der Waals surface area contributed by atoms with Crippen LogP contribution in [0.2, 0.25) is 0 Å². The summed E-state index contributed by atoms with van der Waals surface area (Å²) in [5.74, 6) is 6.02. The van der Waals surface area contributed by atoms with Crippen LogP contribution in [0.25, 0.3) is 0 Å². The zero-order chi connectivity index (χ0) is 13.7. The van der Waals surface area contributed by atoms with E-state index in [0.29, 0.717) is 6.54 Å². The van der Waals surface area contributed by atoms with Gasteiger partial charge in [-0.1, -0.05) is 24.7 Å². The van der Waals surface area contributed by atoms with Crippen molar-refractivity contribution < 1.29 is 9.90 Å². The summed E-state index contributed by atoms with van der Waals surface area (Å²) in [6, 6.07) is 1.99. The minimum absolute atomic E-state index is 0.120. The molecule has 1 aliphatic rings. The molecule has 1 aliphatic carbocycles. The molecule has 1 aromatic heterocycles. The highest BCUT2D eigenvalue weighted by atomic mass is 32.1. The smallest absolute Gasteiger partial charge is 0.225 e. The van der Waals surface area contributed by atoms with E-state index in [4.69, 9.17) is 5.11 Å². The van der Waals surface area contributed by atoms with Gasteiger partial charge in [0.15, 0.2) is 0 Å². The maximum Gasteiger partial charge on any atom is 0.225 e. The third-order valence-corrected chi connectivity index (χ3v) is 4.36. The van der Waals surface area contributed by atoms with Gasteiger partial charge in [0.05, 0.1) is 6.54 Å². The van der Waals surface area contributed by atoms with Gasteiger partial charge in [-0.3, -0.25) is 4.79 Å². The van der Waals surface area contributed by atoms with Crippen molar-refractivity contribution in [3.63, 3.8) is 0 Å². The van der Waals surface area contributed by atoms with Crippen LogP contribution in [0.4, 0.5) is 0 Å². The molecule has 3 nitrogen and oxygen atoms in total. The van der Waals surface area contributed by atoms with Gasteiger partial charge in [0, 0.05) is 28.8 Å². The first-order valence-corrected chi connectivity index (χ1v) is 7.51. The second-order valence-electron chi connectivity index (χ2n) is 4.94. The van der Waals surface area contributed by atoms with E-state index < -0.39 is 0 Å². The SMILES string of the molecule is CN(Cc1cc(C#CCO)cs1)C(=O)C1CCCC1. The molecule has 4 heteroatoms. The quantitative estimate of drug-likeness (QED) is 0.861. The fourth-order valence-corrected chi connectivity index (χ4v) is 3.34. The minimum Gasteiger partial charge on any atom is -0.384 e. The Balaban J connectivity index is 1.92. The van der Waals surface area contributed by atoms with E-state index in [1.165, 1.54) is 12.8 Å². The van der Waals surface area contributed by atoms with Crippen molar-refractivity contribution in [3.05, 3.63) is 21.9 Å². The Morgan fingerprint density at radius 3 is 2.95 bits per heavy atom. The molecule has 0 unspecified atom stereocenters. The normalized spacial score (nSPS) is 15.1. The Bertz CT molecular complexity index is 492. The van der Waals surface area contributed by atoms with Gasteiger partial charge in [-0.15, -0.1) is 11.3 Å². The van der Waals surface area contributed by atoms with Gasteiger partial charge in [-0.05, 0) is 18.9 Å². The van der Waals surface area contributed by atoms with E-state index in [1.807, 2.05) is 23.4 Å². The molecule has 1 heterocycles. The Morgan fingerprint density at radius 1 is 1.53 bits per heavy atom. The lowest BCUT2D eigenvalue weighted by molar-refractivity contribution is -0.134. The molecule has 0 bridgehead atoms. The molecule has 1 fully saturated rings. The van der Waals surface area contributed by atoms with E-state index in [0.717, 1.165) is 23.3 Å². The monoisotopic (exact) mass is 277 g/mol. The number of amides is 1. The number of thiophene rings is 1. The fraction of sp³-hybridized carbons (Fsp3) is 0.533. The number of nitrogens with zero attached hydrogens (tertiary/aromatic N) is 1. The summed E-state index contributed by atoms with van der Waals surface area (Å²) in [4.78, 5) is 15.2. The van der Waals surface area contributed by atoms with Crippen LogP contribution in [0.1, 0.15) is 36.1 Å². The fourth-order valence-electron chi connectivity index (χ4n) is 2.47. The lowest BCUT2D eigenvalue weighted by Crippen LogP contribution is -2.31. The van der Waals surface area contributed by atoms with Crippen LogP contribution >= 0.6 is 11.3 Å². The van der Waals surface area contributed by atoms with Gasteiger partial charge in [-0.25, -0.2) is 0 Å². The summed E-state index contributed by atoms with van der Waals surface area (Å²) in [7, 11) is 1.87. The summed E-state index contributed by atoms with van der Waals surface area (Å²) in [6.45, 7) is 0.534. The predicted octanol–water partition coefficient (Wildman–Crippen LogP) is 2.24. The molecule has 19 heavy (non-hydrogen) atoms. The highest BCUT2D eigenvalue weighted by Crippen LogP contribution is 2.27. The van der Waals surface area contributed by atoms with Crippen LogP contribution < -0.4 is 0 Å². The van der Waals surface area contributed by atoms with Crippen molar-refractivity contribution in [3.8, 4) is 11.8 Å². The van der Waals surface area contributed by atoms with Crippen LogP contribution in [0.5, 0.6) is 0 Å². The Hall–Kier alpha value is -1.31. The zero-order valence-corrected chi connectivity index (χ0v) is 12.0. The Kier molecular flexibility index (Phi) is 5.00. The standard InChI is InChI=1S/C15H19NO2S/c1-16(15(18)13-6-2-3-7-13)10-14-9-12(11-19-14)5-4-8-17/h9,11,13,17H,2-3,6-8,10H2,1H3. The van der Waals surface area contributed by atoms with Gasteiger partial charge >= 0.3 is 0 Å². The summed E-state index contributed by atoms with van der Waals surface area (Å²) in [5, 5.41) is 10.6. The van der Waals surface area contributed by atoms with E-state index >= 15 is 0 Å². The van der Waals surface area contributed by atoms with Crippen molar-refractivity contribution in [1.29, 1.82) is 0 Å². The van der Waals surface area contributed by atoms with E-state index in [9.17, 15) is 4.79 Å². The Morgan fingerprint density at radius 2 is 2.26 bits per heavy atom. The van der Waals surface area contributed by atoms with Gasteiger partial charge in [0.1, 0.15) is 6.61 Å². The van der Waals surface area contributed by atoms with Crippen molar-refractivity contribution in [2.24, 2.45) is 5.92 Å². The van der Waals surface area contributed by atoms with Crippen molar-refractivity contribution in [1.82, 2.24) is 4.90 Å². The molecule has 2 rings (SSSR count). The van der Waals surface area contributed by atoms with Crippen LogP contribution in [0.15, 0.2) is 11.4 Å². The number of carbonyl (C=O) groups excluding carboxylic acids is 1. The molecule has 0 radical (unpaired) electrons. The highest BCUT2D eigenvalue weighted by molar-refractivity contribution is 7.10. The molecule has 1 N–H and O–H groups in total. The zero-order valence-electron chi connectivity index (χ0n) is 11.2. The van der Waals surface area contributed by atoms with E-state index in [-0.39, 0.29) is 18.4 Å². The number of aliphatic hydroxyl groups excluding tert-OH is 1. The second-order valence-corrected chi connectivity index (χ2v) is 5.93. The molecule has 0 spiro atoms. The maximum atomic E-state index is 12.2. The van der Waals surface area contributed by atoms with Gasteiger partial charge in [0.25, 0.3) is 0 Å². The molecule has 0 aliphatic heterocycles. The summed E-state index contributed by atoms with van der Waals surface area (Å²) in [6.07, 6.45) is 4.45. The second kappa shape index (κ2) is 6.74. The summed E-state index contributed by atoms with van der Waals surface area (Å²) >= 11 is 1.61. The summed E-state index contributed by atoms with van der Waals surface area (Å²) < 4.78 is 0. The third kappa shape index (κ3) is 3.82. The van der Waals surface area contributed by atoms with Gasteiger partial charge in [-0.2, -0.15) is 0 Å². The first kappa shape index (κ1) is 14.1. The number of hydrogen-bond acceptors (Lipinski definition) is 3. The molecule has 0 aromatic carbocycles. The van der Waals surface area contributed by atoms with Crippen molar-refractivity contribution >= 4 is 17.2 Å². The van der Waals surface area contributed by atoms with Gasteiger partial charge in [0.2, 0.25) is 5.91 Å². The average molecular weight is 277 g/mol. The topological polar surface area (TPSA) is 40.5 Å². The average Bonchev–Trinajstić information content (AvgIpc) is 3.06. The molecule has 1 amide bonds. The van der Waals surface area contributed by atoms with Crippen LogP contribution in [-0.2, 0) is 11.3 Å². The molecule has 102 valence electrons. The molecule has 0 saturated heterocycles.